The van der Waals surface area contributed by atoms with Crippen molar-refractivity contribution in [1.29, 1.82) is 0 Å². The van der Waals surface area contributed by atoms with Crippen LogP contribution in [0, 0.1) is 0 Å². The van der Waals surface area contributed by atoms with E-state index in [1.807, 2.05) is 12.3 Å². The largest absolute Gasteiger partial charge is 0.390 e. The molecule has 2 saturated heterocycles. The molecule has 1 N–H and O–H groups in total. The molecule has 2 fully saturated rings. The first-order chi connectivity index (χ1) is 11.6. The molecular formula is C18H28N4O2. The quantitative estimate of drug-likeness (QED) is 0.833. The Morgan fingerprint density at radius 2 is 2.00 bits per heavy atom. The summed E-state index contributed by atoms with van der Waals surface area (Å²) in [4.78, 5) is 22.4. The van der Waals surface area contributed by atoms with Gasteiger partial charge < -0.3 is 10.0 Å². The van der Waals surface area contributed by atoms with Gasteiger partial charge in [-0.15, -0.1) is 0 Å². The number of piperazine rings is 1. The summed E-state index contributed by atoms with van der Waals surface area (Å²) in [5.74, 6) is 0.184. The number of aromatic nitrogens is 1. The van der Waals surface area contributed by atoms with E-state index in [4.69, 9.17) is 0 Å². The van der Waals surface area contributed by atoms with Gasteiger partial charge in [0.2, 0.25) is 5.91 Å². The number of rotatable bonds is 6. The van der Waals surface area contributed by atoms with E-state index in [2.05, 4.69) is 27.8 Å². The second kappa shape index (κ2) is 8.05. The molecule has 6 heteroatoms. The summed E-state index contributed by atoms with van der Waals surface area (Å²) in [5.41, 5.74) is 1.25. The average molecular weight is 332 g/mol. The molecule has 0 aromatic carbocycles. The Bertz CT molecular complexity index is 531. The normalized spacial score (nSPS) is 22.8. The number of nitrogens with zero attached hydrogens (tertiary/aromatic N) is 4. The first-order valence-corrected chi connectivity index (χ1v) is 8.95. The SMILES string of the molecule is C[C@H](c1cccnc1)N1CCN(C[C@H](O)CN2CCCC2=O)CC1. The highest BCUT2D eigenvalue weighted by atomic mass is 16.3. The zero-order valence-corrected chi connectivity index (χ0v) is 14.5. The number of aliphatic hydroxyl groups is 1. The standard InChI is InChI=1S/C18H28N4O2/c1-15(16-4-2-6-19-12-16)21-10-8-20(9-11-21)13-17(23)14-22-7-3-5-18(22)24/h2,4,6,12,15,17,23H,3,5,7-11,13-14H2,1H3/t15-,17+/m1/s1. The van der Waals surface area contributed by atoms with Crippen molar-refractivity contribution in [3.8, 4) is 0 Å². The van der Waals surface area contributed by atoms with Gasteiger partial charge >= 0.3 is 0 Å². The number of hydrogen-bond donors (Lipinski definition) is 1. The molecule has 0 bridgehead atoms. The summed E-state index contributed by atoms with van der Waals surface area (Å²) >= 11 is 0. The Balaban J connectivity index is 1.42. The summed E-state index contributed by atoms with van der Waals surface area (Å²) in [6.07, 6.45) is 4.86. The summed E-state index contributed by atoms with van der Waals surface area (Å²) in [6, 6.07) is 4.48. The van der Waals surface area contributed by atoms with Crippen LogP contribution in [0.15, 0.2) is 24.5 Å². The van der Waals surface area contributed by atoms with Crippen molar-refractivity contribution in [1.82, 2.24) is 19.7 Å². The number of hydrogen-bond acceptors (Lipinski definition) is 5. The number of aliphatic hydroxyl groups excluding tert-OH is 1. The molecule has 0 unspecified atom stereocenters. The number of carbonyl (C=O) groups is 1. The van der Waals surface area contributed by atoms with E-state index in [0.717, 1.165) is 39.1 Å². The van der Waals surface area contributed by atoms with Crippen LogP contribution in [-0.2, 0) is 4.79 Å². The Hall–Kier alpha value is -1.50. The van der Waals surface area contributed by atoms with Crippen LogP contribution in [0.3, 0.4) is 0 Å². The van der Waals surface area contributed by atoms with Gasteiger partial charge in [-0.1, -0.05) is 6.07 Å². The minimum absolute atomic E-state index is 0.184. The smallest absolute Gasteiger partial charge is 0.222 e. The lowest BCUT2D eigenvalue weighted by atomic mass is 10.1. The maximum atomic E-state index is 11.6. The van der Waals surface area contributed by atoms with E-state index < -0.39 is 6.10 Å². The fourth-order valence-electron chi connectivity index (χ4n) is 3.67. The van der Waals surface area contributed by atoms with Gasteiger partial charge in [-0.2, -0.15) is 0 Å². The molecule has 3 heterocycles. The highest BCUT2D eigenvalue weighted by molar-refractivity contribution is 5.78. The fourth-order valence-corrected chi connectivity index (χ4v) is 3.67. The number of pyridine rings is 1. The van der Waals surface area contributed by atoms with Crippen LogP contribution in [0.25, 0.3) is 0 Å². The van der Waals surface area contributed by atoms with E-state index in [-0.39, 0.29) is 5.91 Å². The topological polar surface area (TPSA) is 59.9 Å². The zero-order chi connectivity index (χ0) is 16.9. The molecular weight excluding hydrogens is 304 g/mol. The van der Waals surface area contributed by atoms with Crippen molar-refractivity contribution in [2.24, 2.45) is 0 Å². The molecule has 0 saturated carbocycles. The summed E-state index contributed by atoms with van der Waals surface area (Å²) in [7, 11) is 0. The minimum atomic E-state index is -0.450. The number of carbonyl (C=O) groups excluding carboxylic acids is 1. The average Bonchev–Trinajstić information content (AvgIpc) is 3.00. The third-order valence-electron chi connectivity index (χ3n) is 5.19. The Morgan fingerprint density at radius 3 is 2.62 bits per heavy atom. The molecule has 0 aliphatic carbocycles. The maximum absolute atomic E-state index is 11.6. The number of amides is 1. The van der Waals surface area contributed by atoms with E-state index in [0.29, 0.717) is 25.6 Å². The van der Waals surface area contributed by atoms with Crippen LogP contribution in [0.2, 0.25) is 0 Å². The van der Waals surface area contributed by atoms with Gasteiger partial charge in [-0.05, 0) is 25.0 Å². The predicted molar refractivity (Wildman–Crippen MR) is 92.5 cm³/mol. The Kier molecular flexibility index (Phi) is 5.81. The lowest BCUT2D eigenvalue weighted by Crippen LogP contribution is -2.50. The van der Waals surface area contributed by atoms with Gasteiger partial charge in [0.25, 0.3) is 0 Å². The van der Waals surface area contributed by atoms with Gasteiger partial charge in [0, 0.05) is 70.7 Å². The van der Waals surface area contributed by atoms with Crippen LogP contribution in [0.4, 0.5) is 0 Å². The molecule has 1 amide bonds. The fraction of sp³-hybridized carbons (Fsp3) is 0.667. The van der Waals surface area contributed by atoms with E-state index in [9.17, 15) is 9.90 Å². The third kappa shape index (κ3) is 4.32. The molecule has 6 nitrogen and oxygen atoms in total. The number of β-amino-alcohol motifs (C(OH)–C–C–N with tert-alkyl or cyclic N) is 1. The zero-order valence-electron chi connectivity index (χ0n) is 14.5. The van der Waals surface area contributed by atoms with E-state index >= 15 is 0 Å². The highest BCUT2D eigenvalue weighted by Crippen LogP contribution is 2.20. The van der Waals surface area contributed by atoms with Crippen molar-refractivity contribution in [2.75, 3.05) is 45.8 Å². The van der Waals surface area contributed by atoms with Gasteiger partial charge in [0.1, 0.15) is 0 Å². The number of likely N-dealkylation sites (tertiary alicyclic amines) is 1. The molecule has 2 aliphatic heterocycles. The van der Waals surface area contributed by atoms with Crippen LogP contribution < -0.4 is 0 Å². The molecule has 3 rings (SSSR count). The molecule has 2 atom stereocenters. The second-order valence-electron chi connectivity index (χ2n) is 6.90. The van der Waals surface area contributed by atoms with Gasteiger partial charge in [0.05, 0.1) is 6.10 Å². The van der Waals surface area contributed by atoms with Gasteiger partial charge in [-0.3, -0.25) is 19.6 Å². The Morgan fingerprint density at radius 1 is 1.21 bits per heavy atom. The van der Waals surface area contributed by atoms with E-state index in [1.54, 1.807) is 11.1 Å². The van der Waals surface area contributed by atoms with Crippen LogP contribution >= 0.6 is 0 Å². The molecule has 1 aromatic heterocycles. The molecule has 1 aromatic rings. The van der Waals surface area contributed by atoms with Crippen molar-refractivity contribution in [3.63, 3.8) is 0 Å². The summed E-state index contributed by atoms with van der Waals surface area (Å²) < 4.78 is 0. The summed E-state index contributed by atoms with van der Waals surface area (Å²) in [5, 5.41) is 10.3. The summed E-state index contributed by atoms with van der Waals surface area (Å²) in [6.45, 7) is 8.04. The predicted octanol–water partition coefficient (Wildman–Crippen LogP) is 0.744. The second-order valence-corrected chi connectivity index (χ2v) is 6.90. The van der Waals surface area contributed by atoms with Crippen molar-refractivity contribution >= 4 is 5.91 Å². The third-order valence-corrected chi connectivity index (χ3v) is 5.19. The molecule has 24 heavy (non-hydrogen) atoms. The first kappa shape index (κ1) is 17.3. The van der Waals surface area contributed by atoms with Crippen LogP contribution in [0.1, 0.15) is 31.4 Å². The molecule has 0 radical (unpaired) electrons. The van der Waals surface area contributed by atoms with Crippen LogP contribution in [-0.4, -0.2) is 82.6 Å². The monoisotopic (exact) mass is 332 g/mol. The van der Waals surface area contributed by atoms with Gasteiger partial charge in [0.15, 0.2) is 0 Å². The Labute approximate surface area is 144 Å². The molecule has 132 valence electrons. The van der Waals surface area contributed by atoms with Crippen molar-refractivity contribution in [3.05, 3.63) is 30.1 Å². The lowest BCUT2D eigenvalue weighted by molar-refractivity contribution is -0.129. The highest BCUT2D eigenvalue weighted by Gasteiger charge is 2.26. The van der Waals surface area contributed by atoms with Crippen LogP contribution in [0.5, 0.6) is 0 Å². The minimum Gasteiger partial charge on any atom is -0.390 e. The lowest BCUT2D eigenvalue weighted by Gasteiger charge is -2.39. The molecule has 2 aliphatic rings. The maximum Gasteiger partial charge on any atom is 0.222 e. The first-order valence-electron chi connectivity index (χ1n) is 8.95. The van der Waals surface area contributed by atoms with E-state index in [1.165, 1.54) is 5.56 Å². The van der Waals surface area contributed by atoms with Crippen molar-refractivity contribution < 1.29 is 9.90 Å². The van der Waals surface area contributed by atoms with Gasteiger partial charge in [-0.25, -0.2) is 0 Å². The molecule has 0 spiro atoms. The van der Waals surface area contributed by atoms with Crippen molar-refractivity contribution in [2.45, 2.75) is 31.9 Å².